The van der Waals surface area contributed by atoms with E-state index in [1.54, 1.807) is 36.6 Å². The van der Waals surface area contributed by atoms with E-state index in [4.69, 9.17) is 4.74 Å². The lowest BCUT2D eigenvalue weighted by atomic mass is 9.93. The van der Waals surface area contributed by atoms with Gasteiger partial charge in [0.2, 0.25) is 0 Å². The number of fused-ring (bicyclic) bond motifs is 1. The molecule has 1 atom stereocenters. The zero-order chi connectivity index (χ0) is 23.7. The van der Waals surface area contributed by atoms with Gasteiger partial charge in [0.15, 0.2) is 4.80 Å². The van der Waals surface area contributed by atoms with Crippen LogP contribution in [0.3, 0.4) is 0 Å². The Balaban J connectivity index is 1.92. The molecule has 0 amide bonds. The van der Waals surface area contributed by atoms with Gasteiger partial charge in [-0.2, -0.15) is 0 Å². The number of benzene rings is 2. The average molecular weight is 465 g/mol. The molecule has 7 heteroatoms. The largest absolute Gasteiger partial charge is 0.463 e. The van der Waals surface area contributed by atoms with E-state index in [1.807, 2.05) is 24.3 Å². The molecule has 2 aromatic carbocycles. The molecule has 0 unspecified atom stereocenters. The summed E-state index contributed by atoms with van der Waals surface area (Å²) in [5.41, 5.74) is 3.32. The summed E-state index contributed by atoms with van der Waals surface area (Å²) in [6.07, 6.45) is 1.71. The van der Waals surface area contributed by atoms with Gasteiger partial charge in [-0.05, 0) is 54.7 Å². The molecule has 1 aliphatic heterocycles. The molecule has 1 aliphatic rings. The van der Waals surface area contributed by atoms with Crippen LogP contribution in [0.25, 0.3) is 6.08 Å². The Bertz CT molecular complexity index is 1400. The minimum atomic E-state index is -0.642. The third-order valence-electron chi connectivity index (χ3n) is 5.60. The Morgan fingerprint density at radius 1 is 1.18 bits per heavy atom. The molecule has 0 N–H and O–H groups in total. The quantitative estimate of drug-likeness (QED) is 0.535. The van der Waals surface area contributed by atoms with Gasteiger partial charge in [-0.25, -0.2) is 14.2 Å². The predicted molar refractivity (Wildman–Crippen MR) is 127 cm³/mol. The first-order valence-corrected chi connectivity index (χ1v) is 11.7. The van der Waals surface area contributed by atoms with E-state index in [1.165, 1.54) is 29.0 Å². The lowest BCUT2D eigenvalue weighted by molar-refractivity contribution is -0.139. The number of nitrogens with zero attached hydrogens (tertiary/aromatic N) is 2. The molecule has 33 heavy (non-hydrogen) atoms. The third kappa shape index (κ3) is 4.46. The normalized spacial score (nSPS) is 16.1. The topological polar surface area (TPSA) is 60.7 Å². The summed E-state index contributed by atoms with van der Waals surface area (Å²) in [4.78, 5) is 31.5. The lowest BCUT2D eigenvalue weighted by Gasteiger charge is -2.25. The van der Waals surface area contributed by atoms with Crippen molar-refractivity contribution in [3.05, 3.63) is 102 Å². The zero-order valence-electron chi connectivity index (χ0n) is 19.0. The SMILES string of the molecule is CCOC(=O)C1=C(C)N=c2s/c(=C/c3ccc(F)cc3)c(=O)n2[C@@H]1c1ccc(C(C)C)cc1. The number of thiazole rings is 1. The second-order valence-corrected chi connectivity index (χ2v) is 9.18. The second-order valence-electron chi connectivity index (χ2n) is 8.18. The van der Waals surface area contributed by atoms with Crippen LogP contribution in [0, 0.1) is 5.82 Å². The van der Waals surface area contributed by atoms with E-state index in [0.717, 1.165) is 5.56 Å². The van der Waals surface area contributed by atoms with Crippen LogP contribution in [0.1, 0.15) is 56.3 Å². The maximum Gasteiger partial charge on any atom is 0.338 e. The van der Waals surface area contributed by atoms with E-state index < -0.39 is 12.0 Å². The maximum absolute atomic E-state index is 13.5. The van der Waals surface area contributed by atoms with Gasteiger partial charge in [0.05, 0.1) is 28.5 Å². The van der Waals surface area contributed by atoms with Crippen molar-refractivity contribution in [1.82, 2.24) is 4.57 Å². The zero-order valence-corrected chi connectivity index (χ0v) is 19.8. The van der Waals surface area contributed by atoms with Crippen LogP contribution in [0.15, 0.2) is 69.6 Å². The van der Waals surface area contributed by atoms with Crippen molar-refractivity contribution in [3.8, 4) is 0 Å². The molecule has 0 radical (unpaired) electrons. The monoisotopic (exact) mass is 464 g/mol. The lowest BCUT2D eigenvalue weighted by Crippen LogP contribution is -2.39. The standard InChI is InChI=1S/C26H25FN2O3S/c1-5-32-25(31)22-16(4)28-26-29(23(22)19-10-8-18(9-11-19)15(2)3)24(30)21(33-26)14-17-6-12-20(27)13-7-17/h6-15,23H,5H2,1-4H3/b21-14+/t23-/m1/s1. The van der Waals surface area contributed by atoms with Crippen molar-refractivity contribution in [3.63, 3.8) is 0 Å². The molecule has 2 heterocycles. The number of carbonyl (C=O) groups excluding carboxylic acids is 1. The van der Waals surface area contributed by atoms with Crippen molar-refractivity contribution in [2.75, 3.05) is 6.61 Å². The van der Waals surface area contributed by atoms with Gasteiger partial charge >= 0.3 is 5.97 Å². The van der Waals surface area contributed by atoms with Crippen LogP contribution in [-0.4, -0.2) is 17.1 Å². The summed E-state index contributed by atoms with van der Waals surface area (Å²) in [6.45, 7) is 7.96. The fourth-order valence-electron chi connectivity index (χ4n) is 3.88. The van der Waals surface area contributed by atoms with Crippen LogP contribution in [0.2, 0.25) is 0 Å². The third-order valence-corrected chi connectivity index (χ3v) is 6.59. The van der Waals surface area contributed by atoms with E-state index in [0.29, 0.717) is 32.1 Å². The second kappa shape index (κ2) is 9.27. The Kier molecular flexibility index (Phi) is 6.42. The summed E-state index contributed by atoms with van der Waals surface area (Å²) < 4.78 is 20.6. The van der Waals surface area contributed by atoms with Crippen LogP contribution < -0.4 is 14.9 Å². The minimum absolute atomic E-state index is 0.226. The Morgan fingerprint density at radius 3 is 2.45 bits per heavy atom. The van der Waals surface area contributed by atoms with Crippen LogP contribution in [-0.2, 0) is 9.53 Å². The Hall–Kier alpha value is -3.32. The number of hydrogen-bond donors (Lipinski definition) is 0. The molecular weight excluding hydrogens is 439 g/mol. The van der Waals surface area contributed by atoms with Gasteiger partial charge in [-0.1, -0.05) is 61.6 Å². The van der Waals surface area contributed by atoms with Crippen molar-refractivity contribution >= 4 is 23.4 Å². The van der Waals surface area contributed by atoms with Crippen LogP contribution >= 0.6 is 11.3 Å². The van der Waals surface area contributed by atoms with E-state index >= 15 is 0 Å². The first kappa shape index (κ1) is 22.9. The fourth-order valence-corrected chi connectivity index (χ4v) is 4.93. The van der Waals surface area contributed by atoms with Gasteiger partial charge in [0, 0.05) is 0 Å². The van der Waals surface area contributed by atoms with E-state index in [9.17, 15) is 14.0 Å². The van der Waals surface area contributed by atoms with Crippen molar-refractivity contribution < 1.29 is 13.9 Å². The molecule has 0 saturated carbocycles. The van der Waals surface area contributed by atoms with Gasteiger partial charge < -0.3 is 4.74 Å². The van der Waals surface area contributed by atoms with Gasteiger partial charge in [0.1, 0.15) is 5.82 Å². The summed E-state index contributed by atoms with van der Waals surface area (Å²) in [6, 6.07) is 13.2. The molecule has 4 rings (SSSR count). The number of ether oxygens (including phenoxy) is 1. The molecule has 3 aromatic rings. The Morgan fingerprint density at radius 2 is 1.85 bits per heavy atom. The first-order valence-electron chi connectivity index (χ1n) is 10.8. The Labute approximate surface area is 195 Å². The summed E-state index contributed by atoms with van der Waals surface area (Å²) in [5.74, 6) is -0.462. The van der Waals surface area contributed by atoms with Crippen LogP contribution in [0.4, 0.5) is 4.39 Å². The highest BCUT2D eigenvalue weighted by atomic mass is 32.1. The highest BCUT2D eigenvalue weighted by molar-refractivity contribution is 7.07. The first-order chi connectivity index (χ1) is 15.8. The maximum atomic E-state index is 13.5. The van der Waals surface area contributed by atoms with E-state index in [-0.39, 0.29) is 18.0 Å². The molecule has 0 bridgehead atoms. The van der Waals surface area contributed by atoms with Crippen molar-refractivity contribution in [2.45, 2.75) is 39.7 Å². The molecular formula is C26H25FN2O3S. The molecule has 5 nitrogen and oxygen atoms in total. The number of esters is 1. The van der Waals surface area contributed by atoms with Gasteiger partial charge in [0.25, 0.3) is 5.56 Å². The minimum Gasteiger partial charge on any atom is -0.463 e. The number of rotatable bonds is 5. The highest BCUT2D eigenvalue weighted by Crippen LogP contribution is 2.31. The number of halogens is 1. The van der Waals surface area contributed by atoms with Crippen molar-refractivity contribution in [2.24, 2.45) is 4.99 Å². The molecule has 0 aliphatic carbocycles. The van der Waals surface area contributed by atoms with Crippen LogP contribution in [0.5, 0.6) is 0 Å². The number of allylic oxidation sites excluding steroid dienone is 1. The molecule has 0 spiro atoms. The fraction of sp³-hybridized carbons (Fsp3) is 0.269. The molecule has 0 saturated heterocycles. The number of aromatic nitrogens is 1. The number of carbonyl (C=O) groups is 1. The molecule has 0 fully saturated rings. The summed E-state index contributed by atoms with van der Waals surface area (Å²) in [7, 11) is 0. The molecule has 170 valence electrons. The van der Waals surface area contributed by atoms with Gasteiger partial charge in [-0.3, -0.25) is 9.36 Å². The average Bonchev–Trinajstić information content (AvgIpc) is 3.09. The predicted octanol–water partition coefficient (Wildman–Crippen LogP) is 4.06. The number of hydrogen-bond acceptors (Lipinski definition) is 5. The van der Waals surface area contributed by atoms with Gasteiger partial charge in [-0.15, -0.1) is 0 Å². The van der Waals surface area contributed by atoms with Crippen molar-refractivity contribution in [1.29, 1.82) is 0 Å². The van der Waals surface area contributed by atoms with E-state index in [2.05, 4.69) is 18.8 Å². The molecule has 1 aromatic heterocycles. The highest BCUT2D eigenvalue weighted by Gasteiger charge is 2.33. The summed E-state index contributed by atoms with van der Waals surface area (Å²) >= 11 is 1.25. The smallest absolute Gasteiger partial charge is 0.338 e. The summed E-state index contributed by atoms with van der Waals surface area (Å²) in [5, 5.41) is 0.